The summed E-state index contributed by atoms with van der Waals surface area (Å²) in [5, 5.41) is 10.8. The van der Waals surface area contributed by atoms with Gasteiger partial charge in [-0.25, -0.2) is 0 Å². The lowest BCUT2D eigenvalue weighted by atomic mass is 10.1. The highest BCUT2D eigenvalue weighted by atomic mass is 16.5. The van der Waals surface area contributed by atoms with Gasteiger partial charge in [-0.2, -0.15) is 4.68 Å². The summed E-state index contributed by atoms with van der Waals surface area (Å²) in [5.41, 5.74) is 8.00. The lowest BCUT2D eigenvalue weighted by Gasteiger charge is -2.10. The van der Waals surface area contributed by atoms with Gasteiger partial charge in [-0.1, -0.05) is 47.7 Å². The van der Waals surface area contributed by atoms with Gasteiger partial charge in [0.1, 0.15) is 11.4 Å². The summed E-state index contributed by atoms with van der Waals surface area (Å²) >= 11 is 0. The minimum atomic E-state index is -0.349. The van der Waals surface area contributed by atoms with Crippen molar-refractivity contribution < 1.29 is 9.53 Å². The molecule has 0 radical (unpaired) electrons. The van der Waals surface area contributed by atoms with Gasteiger partial charge in [0.05, 0.1) is 6.61 Å². The molecule has 0 spiro atoms. The van der Waals surface area contributed by atoms with Crippen molar-refractivity contribution in [1.29, 1.82) is 0 Å². The topological polar surface area (TPSA) is 95.1 Å². The molecule has 3 N–H and O–H groups in total. The second-order valence-electron chi connectivity index (χ2n) is 5.63. The third kappa shape index (κ3) is 3.83. The molecule has 0 saturated heterocycles. The molecule has 7 nitrogen and oxygen atoms in total. The molecule has 26 heavy (non-hydrogen) atoms. The van der Waals surface area contributed by atoms with E-state index < -0.39 is 0 Å². The van der Waals surface area contributed by atoms with Crippen LogP contribution in [0.4, 0.5) is 5.82 Å². The van der Waals surface area contributed by atoms with Gasteiger partial charge >= 0.3 is 0 Å². The van der Waals surface area contributed by atoms with Crippen LogP contribution >= 0.6 is 0 Å². The fourth-order valence-electron chi connectivity index (χ4n) is 2.59. The number of nitrogens with two attached hydrogens (primary N) is 1. The predicted octanol–water partition coefficient (Wildman–Crippen LogP) is 2.22. The Morgan fingerprint density at radius 3 is 2.65 bits per heavy atom. The number of nitrogens with zero attached hydrogens (tertiary/aromatic N) is 3. The predicted molar refractivity (Wildman–Crippen MR) is 99.4 cm³/mol. The van der Waals surface area contributed by atoms with Crippen LogP contribution < -0.4 is 15.8 Å². The van der Waals surface area contributed by atoms with E-state index >= 15 is 0 Å². The molecular formula is C19H21N5O2. The number of nitrogens with one attached hydrogen (secondary N) is 1. The van der Waals surface area contributed by atoms with Crippen LogP contribution in [0.1, 0.15) is 23.0 Å². The number of para-hydroxylation sites is 2. The highest BCUT2D eigenvalue weighted by Crippen LogP contribution is 2.24. The van der Waals surface area contributed by atoms with Crippen LogP contribution in [0.2, 0.25) is 0 Å². The second kappa shape index (κ2) is 8.15. The molecule has 1 amide bonds. The van der Waals surface area contributed by atoms with Crippen LogP contribution in [0.15, 0.2) is 54.6 Å². The molecule has 0 aliphatic carbocycles. The third-order valence-electron chi connectivity index (χ3n) is 3.86. The van der Waals surface area contributed by atoms with Crippen molar-refractivity contribution in [3.05, 3.63) is 65.9 Å². The maximum absolute atomic E-state index is 12.4. The number of benzene rings is 2. The Bertz CT molecular complexity index is 877. The van der Waals surface area contributed by atoms with E-state index in [2.05, 4.69) is 15.6 Å². The number of hydrogen-bond donors (Lipinski definition) is 2. The van der Waals surface area contributed by atoms with Gasteiger partial charge in [0.25, 0.3) is 5.91 Å². The Morgan fingerprint density at radius 2 is 1.88 bits per heavy atom. The summed E-state index contributed by atoms with van der Waals surface area (Å²) in [5.74, 6) is 0.454. The van der Waals surface area contributed by atoms with Gasteiger partial charge in [0.15, 0.2) is 11.5 Å². The van der Waals surface area contributed by atoms with Crippen molar-refractivity contribution in [3.8, 4) is 11.4 Å². The van der Waals surface area contributed by atoms with E-state index in [-0.39, 0.29) is 17.4 Å². The van der Waals surface area contributed by atoms with Gasteiger partial charge in [-0.05, 0) is 31.0 Å². The molecule has 3 aromatic rings. The van der Waals surface area contributed by atoms with E-state index in [0.717, 1.165) is 12.0 Å². The van der Waals surface area contributed by atoms with Crippen molar-refractivity contribution in [3.63, 3.8) is 0 Å². The molecule has 1 aromatic heterocycles. The Balaban J connectivity index is 1.71. The van der Waals surface area contributed by atoms with Gasteiger partial charge < -0.3 is 15.8 Å². The molecule has 0 aliphatic rings. The first-order valence-corrected chi connectivity index (χ1v) is 8.46. The van der Waals surface area contributed by atoms with Crippen LogP contribution in [0.25, 0.3) is 5.69 Å². The number of rotatable bonds is 7. The zero-order chi connectivity index (χ0) is 18.4. The first-order valence-electron chi connectivity index (χ1n) is 8.46. The van der Waals surface area contributed by atoms with Gasteiger partial charge in [-0.15, -0.1) is 5.10 Å². The van der Waals surface area contributed by atoms with E-state index in [0.29, 0.717) is 24.6 Å². The second-order valence-corrected chi connectivity index (χ2v) is 5.63. The van der Waals surface area contributed by atoms with Crippen molar-refractivity contribution in [2.75, 3.05) is 18.9 Å². The Hall–Kier alpha value is -3.35. The molecule has 3 rings (SSSR count). The molecule has 134 valence electrons. The first kappa shape index (κ1) is 17.5. The zero-order valence-corrected chi connectivity index (χ0v) is 14.6. The molecule has 0 bridgehead atoms. The minimum Gasteiger partial charge on any atom is -0.492 e. The van der Waals surface area contributed by atoms with Gasteiger partial charge in [0.2, 0.25) is 0 Å². The van der Waals surface area contributed by atoms with Crippen LogP contribution in [-0.2, 0) is 6.42 Å². The molecule has 1 heterocycles. The average Bonchev–Trinajstić information content (AvgIpc) is 3.05. The number of carbonyl (C=O) groups excluding carboxylic acids is 1. The number of hydrogen-bond acceptors (Lipinski definition) is 5. The minimum absolute atomic E-state index is 0.101. The number of carbonyl (C=O) groups is 1. The fourth-order valence-corrected chi connectivity index (χ4v) is 2.59. The molecule has 0 unspecified atom stereocenters. The Kier molecular flexibility index (Phi) is 5.48. The lowest BCUT2D eigenvalue weighted by Crippen LogP contribution is -2.27. The maximum atomic E-state index is 12.4. The van der Waals surface area contributed by atoms with Gasteiger partial charge in [0, 0.05) is 6.54 Å². The highest BCUT2D eigenvalue weighted by molar-refractivity contribution is 5.96. The van der Waals surface area contributed by atoms with Crippen LogP contribution in [-0.4, -0.2) is 34.1 Å². The largest absolute Gasteiger partial charge is 0.492 e. The number of nitrogen functional groups attached to an aromatic ring is 1. The average molecular weight is 351 g/mol. The normalized spacial score (nSPS) is 10.5. The maximum Gasteiger partial charge on any atom is 0.275 e. The van der Waals surface area contributed by atoms with E-state index in [9.17, 15) is 4.79 Å². The molecular weight excluding hydrogens is 330 g/mol. The monoisotopic (exact) mass is 351 g/mol. The molecule has 2 aromatic carbocycles. The van der Waals surface area contributed by atoms with Crippen LogP contribution in [0.3, 0.4) is 0 Å². The summed E-state index contributed by atoms with van der Waals surface area (Å²) < 4.78 is 7.00. The Labute approximate surface area is 151 Å². The molecule has 0 fully saturated rings. The van der Waals surface area contributed by atoms with Crippen molar-refractivity contribution in [2.45, 2.75) is 13.3 Å². The van der Waals surface area contributed by atoms with E-state index in [4.69, 9.17) is 10.5 Å². The van der Waals surface area contributed by atoms with E-state index in [1.54, 1.807) is 0 Å². The molecule has 0 saturated carbocycles. The summed E-state index contributed by atoms with van der Waals surface area (Å²) in [6.07, 6.45) is 0.730. The van der Waals surface area contributed by atoms with E-state index in [1.165, 1.54) is 4.68 Å². The van der Waals surface area contributed by atoms with Crippen molar-refractivity contribution in [2.24, 2.45) is 0 Å². The number of amides is 1. The molecule has 0 atom stereocenters. The lowest BCUT2D eigenvalue weighted by molar-refractivity contribution is 0.0950. The first-order chi connectivity index (χ1) is 12.7. The van der Waals surface area contributed by atoms with Crippen molar-refractivity contribution >= 4 is 11.7 Å². The molecule has 7 heteroatoms. The summed E-state index contributed by atoms with van der Waals surface area (Å²) in [4.78, 5) is 12.4. The smallest absolute Gasteiger partial charge is 0.275 e. The summed E-state index contributed by atoms with van der Waals surface area (Å²) in [6.45, 7) is 2.90. The highest BCUT2D eigenvalue weighted by Gasteiger charge is 2.19. The summed E-state index contributed by atoms with van der Waals surface area (Å²) in [6, 6.07) is 17.3. The van der Waals surface area contributed by atoms with Crippen LogP contribution in [0.5, 0.6) is 5.75 Å². The number of aromatic nitrogens is 3. The molecule has 0 aliphatic heterocycles. The zero-order valence-electron chi connectivity index (χ0n) is 14.6. The van der Waals surface area contributed by atoms with Crippen molar-refractivity contribution in [1.82, 2.24) is 20.3 Å². The standard InChI is InChI=1S/C19H21N5O2/c1-2-26-16-11-7-6-10-15(16)24-18(20)17(22-23-24)19(25)21-13-12-14-8-4-3-5-9-14/h3-11H,2,12-13,20H2,1H3,(H,21,25). The Morgan fingerprint density at radius 1 is 1.15 bits per heavy atom. The fraction of sp³-hybridized carbons (Fsp3) is 0.211. The van der Waals surface area contributed by atoms with Crippen LogP contribution in [0, 0.1) is 0 Å². The number of ether oxygens (including phenoxy) is 1. The quantitative estimate of drug-likeness (QED) is 0.680. The van der Waals surface area contributed by atoms with E-state index in [1.807, 2.05) is 61.5 Å². The van der Waals surface area contributed by atoms with Gasteiger partial charge in [-0.3, -0.25) is 4.79 Å². The summed E-state index contributed by atoms with van der Waals surface area (Å²) in [7, 11) is 0. The number of anilines is 1. The SMILES string of the molecule is CCOc1ccccc1-n1nnc(C(=O)NCCc2ccccc2)c1N. The third-order valence-corrected chi connectivity index (χ3v) is 3.86.